The van der Waals surface area contributed by atoms with Gasteiger partial charge in [0.1, 0.15) is 5.78 Å². The topological polar surface area (TPSA) is 17.1 Å². The Morgan fingerprint density at radius 3 is 1.46 bits per heavy atom. The molecule has 1 nitrogen and oxygen atoms in total. The highest BCUT2D eigenvalue weighted by molar-refractivity contribution is 5.83. The first kappa shape index (κ1) is 22.4. The van der Waals surface area contributed by atoms with Crippen LogP contribution in [0.25, 0.3) is 0 Å². The molecule has 0 aliphatic rings. The average molecular weight is 379 g/mol. The molecule has 0 amide bonds. The molecule has 0 aliphatic heterocycles. The number of aryl methyl sites for hydroxylation is 2. The van der Waals surface area contributed by atoms with Crippen LogP contribution in [0, 0.1) is 0 Å². The van der Waals surface area contributed by atoms with E-state index in [1.54, 1.807) is 0 Å². The van der Waals surface area contributed by atoms with Crippen molar-refractivity contribution in [1.82, 2.24) is 0 Å². The van der Waals surface area contributed by atoms with Crippen LogP contribution in [0.3, 0.4) is 0 Å². The van der Waals surface area contributed by atoms with Crippen molar-refractivity contribution in [1.29, 1.82) is 0 Å². The summed E-state index contributed by atoms with van der Waals surface area (Å²) in [6.45, 7) is 4.49. The standard InChI is InChI=1S/C27H38O/c1-3-5-7-9-13-23-15-11-17-25(19-23)21-27(28)22-26-18-12-16-24(20-26)14-10-8-6-4-2/h11-12,15-20H,3-10,13-14,21-22H2,1-2H3. The Balaban J connectivity index is 1.83. The summed E-state index contributed by atoms with van der Waals surface area (Å²) >= 11 is 0. The lowest BCUT2D eigenvalue weighted by Gasteiger charge is -2.07. The van der Waals surface area contributed by atoms with Crippen molar-refractivity contribution in [3.05, 3.63) is 70.8 Å². The number of carbonyl (C=O) groups excluding carboxylic acids is 1. The van der Waals surface area contributed by atoms with E-state index in [0.717, 1.165) is 24.0 Å². The van der Waals surface area contributed by atoms with Gasteiger partial charge in [-0.3, -0.25) is 4.79 Å². The molecule has 28 heavy (non-hydrogen) atoms. The summed E-state index contributed by atoms with van der Waals surface area (Å²) in [5, 5.41) is 0. The molecule has 0 aromatic heterocycles. The van der Waals surface area contributed by atoms with Gasteiger partial charge in [0.25, 0.3) is 0 Å². The quantitative estimate of drug-likeness (QED) is 0.315. The predicted octanol–water partition coefficient (Wildman–Crippen LogP) is 7.29. The van der Waals surface area contributed by atoms with E-state index < -0.39 is 0 Å². The number of ketones is 1. The molecule has 0 unspecified atom stereocenters. The van der Waals surface area contributed by atoms with Crippen molar-refractivity contribution < 1.29 is 4.79 Å². The van der Waals surface area contributed by atoms with Crippen LogP contribution >= 0.6 is 0 Å². The van der Waals surface area contributed by atoms with E-state index in [9.17, 15) is 4.79 Å². The molecule has 0 atom stereocenters. The molecule has 1 heteroatoms. The maximum absolute atomic E-state index is 12.6. The van der Waals surface area contributed by atoms with Crippen LogP contribution in [-0.2, 0) is 30.5 Å². The molecule has 0 radical (unpaired) electrons. The second-order valence-electron chi connectivity index (χ2n) is 8.15. The molecule has 0 bridgehead atoms. The van der Waals surface area contributed by atoms with E-state index in [1.807, 2.05) is 0 Å². The van der Waals surface area contributed by atoms with Gasteiger partial charge in [-0.25, -0.2) is 0 Å². The highest BCUT2D eigenvalue weighted by atomic mass is 16.1. The first-order chi connectivity index (χ1) is 13.7. The molecule has 0 aliphatic carbocycles. The largest absolute Gasteiger partial charge is 0.299 e. The molecular weight excluding hydrogens is 340 g/mol. The van der Waals surface area contributed by atoms with Crippen molar-refractivity contribution in [2.75, 3.05) is 0 Å². The molecular formula is C27H38O. The third kappa shape index (κ3) is 8.87. The number of rotatable bonds is 14. The van der Waals surface area contributed by atoms with Crippen molar-refractivity contribution in [3.8, 4) is 0 Å². The number of hydrogen-bond donors (Lipinski definition) is 0. The third-order valence-electron chi connectivity index (χ3n) is 5.42. The van der Waals surface area contributed by atoms with Gasteiger partial charge in [0.15, 0.2) is 0 Å². The van der Waals surface area contributed by atoms with Gasteiger partial charge in [0, 0.05) is 12.8 Å². The van der Waals surface area contributed by atoms with Gasteiger partial charge in [0.05, 0.1) is 0 Å². The van der Waals surface area contributed by atoms with Gasteiger partial charge in [-0.05, 0) is 47.9 Å². The summed E-state index contributed by atoms with van der Waals surface area (Å²) in [6.07, 6.45) is 13.6. The molecule has 0 saturated heterocycles. The smallest absolute Gasteiger partial charge is 0.141 e. The number of Topliss-reactive ketones (excluding diaryl/α,β-unsaturated/α-hetero) is 1. The van der Waals surface area contributed by atoms with Crippen LogP contribution < -0.4 is 0 Å². The van der Waals surface area contributed by atoms with E-state index in [0.29, 0.717) is 18.6 Å². The Bertz CT molecular complexity index is 641. The second-order valence-corrected chi connectivity index (χ2v) is 8.15. The average Bonchev–Trinajstić information content (AvgIpc) is 2.69. The van der Waals surface area contributed by atoms with E-state index in [4.69, 9.17) is 0 Å². The van der Waals surface area contributed by atoms with Crippen molar-refractivity contribution in [3.63, 3.8) is 0 Å². The zero-order chi connectivity index (χ0) is 20.0. The maximum Gasteiger partial charge on any atom is 0.141 e. The fourth-order valence-corrected chi connectivity index (χ4v) is 3.82. The highest BCUT2D eigenvalue weighted by Crippen LogP contribution is 2.14. The Labute approximate surface area is 172 Å². The molecule has 2 rings (SSSR count). The molecule has 0 fully saturated rings. The first-order valence-corrected chi connectivity index (χ1v) is 11.4. The second kappa shape index (κ2) is 13.3. The third-order valence-corrected chi connectivity index (χ3v) is 5.42. The van der Waals surface area contributed by atoms with Crippen LogP contribution in [0.2, 0.25) is 0 Å². The van der Waals surface area contributed by atoms with Gasteiger partial charge in [-0.2, -0.15) is 0 Å². The first-order valence-electron chi connectivity index (χ1n) is 11.4. The molecule has 0 saturated carbocycles. The fraction of sp³-hybridized carbons (Fsp3) is 0.519. The predicted molar refractivity (Wildman–Crippen MR) is 121 cm³/mol. The van der Waals surface area contributed by atoms with Crippen molar-refractivity contribution in [2.45, 2.75) is 90.9 Å². The van der Waals surface area contributed by atoms with Gasteiger partial charge in [0.2, 0.25) is 0 Å². The molecule has 2 aromatic carbocycles. The Kier molecular flexibility index (Phi) is 10.7. The molecule has 0 N–H and O–H groups in total. The van der Waals surface area contributed by atoms with Crippen molar-refractivity contribution >= 4 is 5.78 Å². The van der Waals surface area contributed by atoms with E-state index in [1.165, 1.54) is 62.5 Å². The minimum absolute atomic E-state index is 0.311. The summed E-state index contributed by atoms with van der Waals surface area (Å²) < 4.78 is 0. The highest BCUT2D eigenvalue weighted by Gasteiger charge is 2.07. The number of benzene rings is 2. The van der Waals surface area contributed by atoms with Crippen LogP contribution in [0.1, 0.15) is 87.5 Å². The van der Waals surface area contributed by atoms with Crippen LogP contribution in [0.4, 0.5) is 0 Å². The summed E-state index contributed by atoms with van der Waals surface area (Å²) in [4.78, 5) is 12.6. The summed E-state index contributed by atoms with van der Waals surface area (Å²) in [6, 6.07) is 17.3. The van der Waals surface area contributed by atoms with Gasteiger partial charge in [-0.1, -0.05) is 101 Å². The Morgan fingerprint density at radius 2 is 1.04 bits per heavy atom. The SMILES string of the molecule is CCCCCCc1cccc(CC(=O)Cc2cccc(CCCCCC)c2)c1. The van der Waals surface area contributed by atoms with Crippen LogP contribution in [0.5, 0.6) is 0 Å². The van der Waals surface area contributed by atoms with Gasteiger partial charge >= 0.3 is 0 Å². The van der Waals surface area contributed by atoms with E-state index in [2.05, 4.69) is 62.4 Å². The number of unbranched alkanes of at least 4 members (excludes halogenated alkanes) is 6. The van der Waals surface area contributed by atoms with Crippen molar-refractivity contribution in [2.24, 2.45) is 0 Å². The summed E-state index contributed by atoms with van der Waals surface area (Å²) in [5.74, 6) is 0.311. The maximum atomic E-state index is 12.6. The minimum Gasteiger partial charge on any atom is -0.299 e. The summed E-state index contributed by atoms with van der Waals surface area (Å²) in [5.41, 5.74) is 5.06. The molecule has 0 spiro atoms. The lowest BCUT2D eigenvalue weighted by atomic mass is 9.97. The zero-order valence-corrected chi connectivity index (χ0v) is 18.0. The van der Waals surface area contributed by atoms with E-state index in [-0.39, 0.29) is 0 Å². The lowest BCUT2D eigenvalue weighted by molar-refractivity contribution is -0.117. The number of carbonyl (C=O) groups is 1. The van der Waals surface area contributed by atoms with Gasteiger partial charge in [-0.15, -0.1) is 0 Å². The van der Waals surface area contributed by atoms with Gasteiger partial charge < -0.3 is 0 Å². The molecule has 152 valence electrons. The Morgan fingerprint density at radius 1 is 0.607 bits per heavy atom. The molecule has 0 heterocycles. The van der Waals surface area contributed by atoms with Crippen LogP contribution in [0.15, 0.2) is 48.5 Å². The van der Waals surface area contributed by atoms with Crippen LogP contribution in [-0.4, -0.2) is 5.78 Å². The minimum atomic E-state index is 0.311. The Hall–Kier alpha value is -1.89. The lowest BCUT2D eigenvalue weighted by Crippen LogP contribution is -2.07. The zero-order valence-electron chi connectivity index (χ0n) is 18.0. The van der Waals surface area contributed by atoms with E-state index >= 15 is 0 Å². The monoisotopic (exact) mass is 378 g/mol. The summed E-state index contributed by atoms with van der Waals surface area (Å²) in [7, 11) is 0. The molecule has 2 aromatic rings. The fourth-order valence-electron chi connectivity index (χ4n) is 3.82. The normalized spacial score (nSPS) is 10.9. The number of hydrogen-bond acceptors (Lipinski definition) is 1.